The van der Waals surface area contributed by atoms with Crippen LogP contribution in [-0.2, 0) is 4.79 Å². The van der Waals surface area contributed by atoms with Crippen LogP contribution in [-0.4, -0.2) is 95.6 Å². The molecule has 160 valence electrons. The first-order valence-corrected chi connectivity index (χ1v) is 15.9. The SMILES string of the molecule is O=C(O)C1SCCCS1.OC1CSCCCSCC(O)CSCCCSC1. The van der Waals surface area contributed by atoms with Crippen molar-refractivity contribution in [1.82, 2.24) is 0 Å². The quantitative estimate of drug-likeness (QED) is 0.504. The van der Waals surface area contributed by atoms with E-state index in [2.05, 4.69) is 0 Å². The van der Waals surface area contributed by atoms with Crippen LogP contribution in [0.5, 0.6) is 0 Å². The summed E-state index contributed by atoms with van der Waals surface area (Å²) in [6.45, 7) is 0. The molecule has 3 N–H and O–H groups in total. The summed E-state index contributed by atoms with van der Waals surface area (Å²) in [6.07, 6.45) is 3.22. The Balaban J connectivity index is 0.000000337. The van der Waals surface area contributed by atoms with Crippen molar-refractivity contribution >= 4 is 76.5 Å². The third-order valence-corrected chi connectivity index (χ3v) is 11.1. The van der Waals surface area contributed by atoms with Crippen molar-refractivity contribution in [2.24, 2.45) is 0 Å². The molecule has 0 radical (unpaired) electrons. The van der Waals surface area contributed by atoms with Crippen molar-refractivity contribution in [2.75, 3.05) is 57.5 Å². The summed E-state index contributed by atoms with van der Waals surface area (Å²) in [4.78, 5) is 10.3. The van der Waals surface area contributed by atoms with Crippen LogP contribution in [0.25, 0.3) is 0 Å². The Bertz CT molecular complexity index is 335. The van der Waals surface area contributed by atoms with Crippen molar-refractivity contribution in [3.05, 3.63) is 0 Å². The second kappa shape index (κ2) is 18.3. The van der Waals surface area contributed by atoms with Gasteiger partial charge in [0.15, 0.2) is 0 Å². The van der Waals surface area contributed by atoms with Crippen LogP contribution >= 0.6 is 70.6 Å². The standard InChI is InChI=1S/C12H24O2S4.C5H8O2S2/c13-11-7-15-3-1-4-16-8-12(14)10-18-6-2-5-17-9-11;6-4(7)5-8-2-1-3-9-5/h11-14H,1-10H2;5H,1-3H2,(H,6,7). The van der Waals surface area contributed by atoms with Crippen LogP contribution < -0.4 is 0 Å². The summed E-state index contributed by atoms with van der Waals surface area (Å²) >= 11 is 10.5. The van der Waals surface area contributed by atoms with E-state index in [0.717, 1.165) is 63.9 Å². The van der Waals surface area contributed by atoms with Gasteiger partial charge < -0.3 is 15.3 Å². The maximum Gasteiger partial charge on any atom is 0.326 e. The maximum absolute atomic E-state index is 10.3. The number of carboxylic acid groups (broad SMARTS) is 1. The third kappa shape index (κ3) is 15.9. The van der Waals surface area contributed by atoms with E-state index in [1.54, 1.807) is 0 Å². The van der Waals surface area contributed by atoms with Crippen molar-refractivity contribution in [1.29, 1.82) is 0 Å². The molecule has 0 atom stereocenters. The lowest BCUT2D eigenvalue weighted by atomic mass is 10.5. The van der Waals surface area contributed by atoms with Crippen LogP contribution in [0.15, 0.2) is 0 Å². The molecule has 0 bridgehead atoms. The van der Waals surface area contributed by atoms with Crippen LogP contribution in [0, 0.1) is 0 Å². The molecule has 4 nitrogen and oxygen atoms in total. The number of rotatable bonds is 1. The molecule has 0 spiro atoms. The van der Waals surface area contributed by atoms with E-state index in [1.165, 1.54) is 36.4 Å². The lowest BCUT2D eigenvalue weighted by Gasteiger charge is -2.15. The van der Waals surface area contributed by atoms with Gasteiger partial charge in [0, 0.05) is 23.0 Å². The van der Waals surface area contributed by atoms with Crippen LogP contribution in [0.2, 0.25) is 0 Å². The number of carboxylic acids is 1. The van der Waals surface area contributed by atoms with Gasteiger partial charge in [0.1, 0.15) is 4.58 Å². The number of aliphatic hydroxyl groups excluding tert-OH is 2. The Hall–Kier alpha value is 1.49. The topological polar surface area (TPSA) is 77.8 Å². The molecule has 2 heterocycles. The van der Waals surface area contributed by atoms with E-state index in [1.807, 2.05) is 47.0 Å². The van der Waals surface area contributed by atoms with Crippen LogP contribution in [0.4, 0.5) is 0 Å². The highest BCUT2D eigenvalue weighted by molar-refractivity contribution is 8.18. The maximum atomic E-state index is 10.3. The van der Waals surface area contributed by atoms with Gasteiger partial charge in [-0.3, -0.25) is 4.79 Å². The minimum absolute atomic E-state index is 0.143. The molecule has 27 heavy (non-hydrogen) atoms. The minimum Gasteiger partial charge on any atom is -0.480 e. The molecule has 0 aliphatic carbocycles. The molecule has 0 aromatic heterocycles. The number of thioether (sulfide) groups is 6. The van der Waals surface area contributed by atoms with E-state index in [0.29, 0.717) is 0 Å². The first-order valence-electron chi connectivity index (χ1n) is 9.22. The molecule has 0 aromatic carbocycles. The van der Waals surface area contributed by atoms with Crippen molar-refractivity contribution in [3.8, 4) is 0 Å². The minimum atomic E-state index is -0.676. The second-order valence-corrected chi connectivity index (χ2v) is 13.4. The zero-order chi connectivity index (χ0) is 19.7. The Kier molecular flexibility index (Phi) is 18.0. The van der Waals surface area contributed by atoms with Gasteiger partial charge in [-0.2, -0.15) is 47.0 Å². The molecule has 0 saturated carbocycles. The molecule has 2 aliphatic rings. The molecule has 2 rings (SSSR count). The van der Waals surface area contributed by atoms with Gasteiger partial charge >= 0.3 is 5.97 Å². The van der Waals surface area contributed by atoms with E-state index in [4.69, 9.17) is 5.11 Å². The van der Waals surface area contributed by atoms with Gasteiger partial charge in [-0.25, -0.2) is 0 Å². The van der Waals surface area contributed by atoms with Gasteiger partial charge in [-0.1, -0.05) is 0 Å². The molecule has 2 aliphatic heterocycles. The molecule has 0 unspecified atom stereocenters. The fourth-order valence-electron chi connectivity index (χ4n) is 2.13. The summed E-state index contributed by atoms with van der Waals surface area (Å²) in [5, 5.41) is 28.0. The summed E-state index contributed by atoms with van der Waals surface area (Å²) in [5.74, 6) is 9.31. The third-order valence-electron chi connectivity index (χ3n) is 3.42. The molecule has 0 aromatic rings. The van der Waals surface area contributed by atoms with Crippen LogP contribution in [0.1, 0.15) is 19.3 Å². The average molecular weight is 493 g/mol. The van der Waals surface area contributed by atoms with Crippen molar-refractivity contribution < 1.29 is 20.1 Å². The van der Waals surface area contributed by atoms with Crippen molar-refractivity contribution in [3.63, 3.8) is 0 Å². The highest BCUT2D eigenvalue weighted by Crippen LogP contribution is 2.30. The number of hydrogen-bond acceptors (Lipinski definition) is 9. The first kappa shape index (κ1) is 26.5. The molecule has 2 fully saturated rings. The Morgan fingerprint density at radius 2 is 0.963 bits per heavy atom. The van der Waals surface area contributed by atoms with E-state index in [9.17, 15) is 15.0 Å². The largest absolute Gasteiger partial charge is 0.480 e. The summed E-state index contributed by atoms with van der Waals surface area (Å²) in [5.41, 5.74) is 0. The summed E-state index contributed by atoms with van der Waals surface area (Å²) in [6, 6.07) is 0. The lowest BCUT2D eigenvalue weighted by molar-refractivity contribution is -0.134. The predicted molar refractivity (Wildman–Crippen MR) is 132 cm³/mol. The fourth-order valence-corrected chi connectivity index (χ4v) is 8.89. The zero-order valence-corrected chi connectivity index (χ0v) is 20.5. The van der Waals surface area contributed by atoms with Gasteiger partial charge in [-0.15, -0.1) is 23.5 Å². The smallest absolute Gasteiger partial charge is 0.326 e. The predicted octanol–water partition coefficient (Wildman–Crippen LogP) is 3.70. The Morgan fingerprint density at radius 3 is 1.26 bits per heavy atom. The highest BCUT2D eigenvalue weighted by Gasteiger charge is 2.20. The van der Waals surface area contributed by atoms with Gasteiger partial charge in [0.25, 0.3) is 0 Å². The second-order valence-electron chi connectivity index (χ2n) is 6.08. The Morgan fingerprint density at radius 1 is 0.630 bits per heavy atom. The fraction of sp³-hybridized carbons (Fsp3) is 0.941. The van der Waals surface area contributed by atoms with Gasteiger partial charge in [0.2, 0.25) is 0 Å². The van der Waals surface area contributed by atoms with Gasteiger partial charge in [0.05, 0.1) is 12.2 Å². The van der Waals surface area contributed by atoms with Gasteiger partial charge in [-0.05, 0) is 53.8 Å². The summed E-state index contributed by atoms with van der Waals surface area (Å²) in [7, 11) is 0. The number of aliphatic carboxylic acids is 1. The van der Waals surface area contributed by atoms with E-state index in [-0.39, 0.29) is 16.8 Å². The average Bonchev–Trinajstić information content (AvgIpc) is 2.67. The van der Waals surface area contributed by atoms with E-state index >= 15 is 0 Å². The normalized spacial score (nSPS) is 27.9. The summed E-state index contributed by atoms with van der Waals surface area (Å²) < 4.78 is -0.196. The Labute approximate surface area is 189 Å². The van der Waals surface area contributed by atoms with E-state index < -0.39 is 5.97 Å². The first-order chi connectivity index (χ1) is 13.1. The molecular weight excluding hydrogens is 461 g/mol. The zero-order valence-electron chi connectivity index (χ0n) is 15.6. The molecule has 10 heteroatoms. The molecule has 0 amide bonds. The molecular formula is C17H32O4S6. The van der Waals surface area contributed by atoms with Crippen LogP contribution in [0.3, 0.4) is 0 Å². The number of aliphatic hydroxyl groups is 2. The lowest BCUT2D eigenvalue weighted by Crippen LogP contribution is -2.16. The number of hydrogen-bond donors (Lipinski definition) is 3. The highest BCUT2D eigenvalue weighted by atomic mass is 32.2. The van der Waals surface area contributed by atoms with Crippen molar-refractivity contribution in [2.45, 2.75) is 36.1 Å². The monoisotopic (exact) mass is 492 g/mol. The molecule has 2 saturated heterocycles. The number of carbonyl (C=O) groups is 1.